The Morgan fingerprint density at radius 3 is 2.59 bits per heavy atom. The first-order valence-electron chi connectivity index (χ1n) is 8.13. The number of hydrogen-bond donors (Lipinski definition) is 2. The number of nitrogens with zero attached hydrogens (tertiary/aromatic N) is 2. The van der Waals surface area contributed by atoms with Crippen LogP contribution in [0.2, 0.25) is 0 Å². The SMILES string of the molecule is NCCNC(=O)CCn1cc(N2CCCCCC2)ccc1=O. The van der Waals surface area contributed by atoms with Gasteiger partial charge in [-0.15, -0.1) is 0 Å². The van der Waals surface area contributed by atoms with Gasteiger partial charge in [0.2, 0.25) is 5.91 Å². The molecule has 0 radical (unpaired) electrons. The molecule has 0 unspecified atom stereocenters. The maximum absolute atomic E-state index is 11.9. The molecule has 0 aliphatic carbocycles. The maximum atomic E-state index is 11.9. The van der Waals surface area contributed by atoms with E-state index < -0.39 is 0 Å². The molecule has 1 aromatic heterocycles. The Morgan fingerprint density at radius 2 is 1.91 bits per heavy atom. The zero-order valence-corrected chi connectivity index (χ0v) is 13.1. The van der Waals surface area contributed by atoms with Gasteiger partial charge in [-0.2, -0.15) is 0 Å². The van der Waals surface area contributed by atoms with E-state index in [4.69, 9.17) is 5.73 Å². The Balaban J connectivity index is 2.00. The van der Waals surface area contributed by atoms with Gasteiger partial charge in [0.1, 0.15) is 0 Å². The summed E-state index contributed by atoms with van der Waals surface area (Å²) in [5, 5.41) is 2.72. The minimum absolute atomic E-state index is 0.0646. The number of aromatic nitrogens is 1. The van der Waals surface area contributed by atoms with E-state index in [0.29, 0.717) is 26.1 Å². The second kappa shape index (κ2) is 8.58. The number of pyridine rings is 1. The Hall–Kier alpha value is -1.82. The van der Waals surface area contributed by atoms with E-state index in [9.17, 15) is 9.59 Å². The van der Waals surface area contributed by atoms with Crippen molar-refractivity contribution in [2.75, 3.05) is 31.1 Å². The van der Waals surface area contributed by atoms with Gasteiger partial charge >= 0.3 is 0 Å². The third-order valence-electron chi connectivity index (χ3n) is 3.99. The summed E-state index contributed by atoms with van der Waals surface area (Å²) < 4.78 is 1.63. The van der Waals surface area contributed by atoms with Crippen LogP contribution in [0, 0.1) is 0 Å². The summed E-state index contributed by atoms with van der Waals surface area (Å²) in [7, 11) is 0. The van der Waals surface area contributed by atoms with Gasteiger partial charge in [-0.3, -0.25) is 9.59 Å². The molecule has 3 N–H and O–H groups in total. The lowest BCUT2D eigenvalue weighted by atomic mass is 10.2. The van der Waals surface area contributed by atoms with E-state index in [1.165, 1.54) is 25.7 Å². The highest BCUT2D eigenvalue weighted by Crippen LogP contribution is 2.18. The molecular weight excluding hydrogens is 280 g/mol. The molecule has 6 heteroatoms. The van der Waals surface area contributed by atoms with Gasteiger partial charge in [-0.1, -0.05) is 12.8 Å². The van der Waals surface area contributed by atoms with Gasteiger partial charge in [-0.25, -0.2) is 0 Å². The first-order chi connectivity index (χ1) is 10.7. The van der Waals surface area contributed by atoms with Crippen LogP contribution in [0.5, 0.6) is 0 Å². The number of nitrogens with two attached hydrogens (primary N) is 1. The van der Waals surface area contributed by atoms with Crippen molar-refractivity contribution >= 4 is 11.6 Å². The van der Waals surface area contributed by atoms with E-state index in [1.54, 1.807) is 10.6 Å². The minimum atomic E-state index is -0.0717. The predicted molar refractivity (Wildman–Crippen MR) is 88.1 cm³/mol. The van der Waals surface area contributed by atoms with Crippen molar-refractivity contribution < 1.29 is 4.79 Å². The molecule has 0 atom stereocenters. The van der Waals surface area contributed by atoms with Gasteiger partial charge in [-0.05, 0) is 18.9 Å². The zero-order valence-electron chi connectivity index (χ0n) is 13.1. The van der Waals surface area contributed by atoms with Gasteiger partial charge in [0, 0.05) is 51.4 Å². The summed E-state index contributed by atoms with van der Waals surface area (Å²) in [6, 6.07) is 3.48. The maximum Gasteiger partial charge on any atom is 0.250 e. The fraction of sp³-hybridized carbons (Fsp3) is 0.625. The molecule has 2 heterocycles. The van der Waals surface area contributed by atoms with Crippen molar-refractivity contribution in [2.24, 2.45) is 5.73 Å². The van der Waals surface area contributed by atoms with Crippen LogP contribution < -0.4 is 21.5 Å². The normalized spacial score (nSPS) is 15.4. The number of hydrogen-bond acceptors (Lipinski definition) is 4. The lowest BCUT2D eigenvalue weighted by Crippen LogP contribution is -2.31. The molecule has 1 fully saturated rings. The molecule has 2 rings (SSSR count). The van der Waals surface area contributed by atoms with E-state index >= 15 is 0 Å². The van der Waals surface area contributed by atoms with Crippen molar-refractivity contribution in [1.29, 1.82) is 0 Å². The fourth-order valence-electron chi connectivity index (χ4n) is 2.73. The summed E-state index contributed by atoms with van der Waals surface area (Å²) >= 11 is 0. The van der Waals surface area contributed by atoms with E-state index in [1.807, 2.05) is 12.3 Å². The lowest BCUT2D eigenvalue weighted by molar-refractivity contribution is -0.121. The molecule has 0 bridgehead atoms. The first kappa shape index (κ1) is 16.5. The number of aryl methyl sites for hydroxylation is 1. The molecule has 0 aromatic carbocycles. The van der Waals surface area contributed by atoms with Crippen molar-refractivity contribution in [3.63, 3.8) is 0 Å². The highest BCUT2D eigenvalue weighted by Gasteiger charge is 2.11. The van der Waals surface area contributed by atoms with Crippen molar-refractivity contribution in [2.45, 2.75) is 38.6 Å². The molecule has 1 aromatic rings. The second-order valence-corrected chi connectivity index (χ2v) is 5.71. The van der Waals surface area contributed by atoms with Crippen LogP contribution >= 0.6 is 0 Å². The molecule has 1 aliphatic rings. The standard InChI is InChI=1S/C16H26N4O2/c17-8-9-18-15(21)7-12-20-13-14(5-6-16(20)22)19-10-3-1-2-4-11-19/h5-6,13H,1-4,7-12,17H2,(H,18,21). The fourth-order valence-corrected chi connectivity index (χ4v) is 2.73. The number of rotatable bonds is 6. The molecule has 6 nitrogen and oxygen atoms in total. The molecule has 0 saturated carbocycles. The highest BCUT2D eigenvalue weighted by atomic mass is 16.1. The Morgan fingerprint density at radius 1 is 1.18 bits per heavy atom. The van der Waals surface area contributed by atoms with E-state index in [2.05, 4.69) is 10.2 Å². The predicted octanol–water partition coefficient (Wildman–Crippen LogP) is 0.694. The third-order valence-corrected chi connectivity index (χ3v) is 3.99. The van der Waals surface area contributed by atoms with Crippen LogP contribution in [-0.2, 0) is 11.3 Å². The average molecular weight is 306 g/mol. The van der Waals surface area contributed by atoms with Crippen molar-refractivity contribution in [3.05, 3.63) is 28.7 Å². The molecule has 1 amide bonds. The summed E-state index contributed by atoms with van der Waals surface area (Å²) in [5.41, 5.74) is 6.36. The van der Waals surface area contributed by atoms with Gasteiger partial charge < -0.3 is 20.5 Å². The number of carbonyl (C=O) groups is 1. The second-order valence-electron chi connectivity index (χ2n) is 5.71. The molecule has 22 heavy (non-hydrogen) atoms. The molecule has 122 valence electrons. The zero-order chi connectivity index (χ0) is 15.8. The molecule has 1 saturated heterocycles. The molecular formula is C16H26N4O2. The van der Waals surface area contributed by atoms with E-state index in [0.717, 1.165) is 18.8 Å². The van der Waals surface area contributed by atoms with Crippen LogP contribution in [0.1, 0.15) is 32.1 Å². The molecule has 1 aliphatic heterocycles. The number of amides is 1. The first-order valence-corrected chi connectivity index (χ1v) is 8.13. The Kier molecular flexibility index (Phi) is 6.45. The monoisotopic (exact) mass is 306 g/mol. The smallest absolute Gasteiger partial charge is 0.250 e. The summed E-state index contributed by atoms with van der Waals surface area (Å²) in [6.07, 6.45) is 7.11. The highest BCUT2D eigenvalue weighted by molar-refractivity contribution is 5.75. The number of anilines is 1. The van der Waals surface area contributed by atoms with Crippen molar-refractivity contribution in [1.82, 2.24) is 9.88 Å². The van der Waals surface area contributed by atoms with Crippen molar-refractivity contribution in [3.8, 4) is 0 Å². The molecule has 0 spiro atoms. The van der Waals surface area contributed by atoms with Crippen LogP contribution in [-0.4, -0.2) is 36.7 Å². The lowest BCUT2D eigenvalue weighted by Gasteiger charge is -2.23. The number of nitrogens with one attached hydrogen (secondary N) is 1. The number of carbonyl (C=O) groups excluding carboxylic acids is 1. The Labute approximate surface area is 131 Å². The topological polar surface area (TPSA) is 80.4 Å². The van der Waals surface area contributed by atoms with Gasteiger partial charge in [0.25, 0.3) is 5.56 Å². The average Bonchev–Trinajstić information content (AvgIpc) is 2.81. The van der Waals surface area contributed by atoms with Crippen LogP contribution in [0.4, 0.5) is 5.69 Å². The minimum Gasteiger partial charge on any atom is -0.370 e. The van der Waals surface area contributed by atoms with Gasteiger partial charge in [0.05, 0.1) is 5.69 Å². The van der Waals surface area contributed by atoms with Gasteiger partial charge in [0.15, 0.2) is 0 Å². The quantitative estimate of drug-likeness (QED) is 0.810. The third kappa shape index (κ3) is 4.87. The summed E-state index contributed by atoms with van der Waals surface area (Å²) in [4.78, 5) is 25.9. The largest absolute Gasteiger partial charge is 0.370 e. The summed E-state index contributed by atoms with van der Waals surface area (Å²) in [6.45, 7) is 3.37. The van der Waals surface area contributed by atoms with Crippen LogP contribution in [0.15, 0.2) is 23.1 Å². The summed E-state index contributed by atoms with van der Waals surface area (Å²) in [5.74, 6) is -0.0717. The van der Waals surface area contributed by atoms with Crippen LogP contribution in [0.25, 0.3) is 0 Å². The Bertz CT molecular complexity index is 533. The van der Waals surface area contributed by atoms with Crippen LogP contribution in [0.3, 0.4) is 0 Å². The van der Waals surface area contributed by atoms with E-state index in [-0.39, 0.29) is 11.5 Å².